The molecule has 1 unspecified atom stereocenters. The summed E-state index contributed by atoms with van der Waals surface area (Å²) in [7, 11) is 0. The molecule has 0 spiro atoms. The van der Waals surface area contributed by atoms with Crippen LogP contribution in [0.5, 0.6) is 0 Å². The number of aryl methyl sites for hydroxylation is 1. The van der Waals surface area contributed by atoms with Crippen LogP contribution in [-0.4, -0.2) is 16.6 Å². The van der Waals surface area contributed by atoms with Gasteiger partial charge in [-0.2, -0.15) is 11.3 Å². The first-order chi connectivity index (χ1) is 10.7. The van der Waals surface area contributed by atoms with Crippen LogP contribution in [0.1, 0.15) is 22.1 Å². The lowest BCUT2D eigenvalue weighted by atomic mass is 10.1. The Hall–Kier alpha value is -1.53. The number of benzene rings is 1. The van der Waals surface area contributed by atoms with Crippen LogP contribution in [-0.2, 0) is 6.54 Å². The third kappa shape index (κ3) is 3.81. The molecule has 5 heteroatoms. The van der Waals surface area contributed by atoms with E-state index in [1.165, 1.54) is 16.0 Å². The highest BCUT2D eigenvalue weighted by molar-refractivity contribution is 7.15. The Morgan fingerprint density at radius 1 is 1.23 bits per heavy atom. The molecule has 0 saturated heterocycles. The molecular formula is C17H18N2OS2. The van der Waals surface area contributed by atoms with Gasteiger partial charge in [0.2, 0.25) is 0 Å². The van der Waals surface area contributed by atoms with Gasteiger partial charge in [0.1, 0.15) is 5.01 Å². The molecule has 0 amide bonds. The maximum Gasteiger partial charge on any atom is 0.124 e. The largest absolute Gasteiger partial charge is 0.387 e. The van der Waals surface area contributed by atoms with Crippen LogP contribution in [0.25, 0.3) is 10.6 Å². The van der Waals surface area contributed by atoms with E-state index in [1.807, 2.05) is 37.4 Å². The molecule has 3 aromatic rings. The lowest BCUT2D eigenvalue weighted by Crippen LogP contribution is -2.20. The van der Waals surface area contributed by atoms with Crippen LogP contribution in [0.4, 0.5) is 0 Å². The molecule has 1 aromatic carbocycles. The molecule has 0 fully saturated rings. The normalized spacial score (nSPS) is 12.5. The molecule has 0 aliphatic carbocycles. The summed E-state index contributed by atoms with van der Waals surface area (Å²) in [4.78, 5) is 5.63. The lowest BCUT2D eigenvalue weighted by molar-refractivity contribution is 0.174. The predicted molar refractivity (Wildman–Crippen MR) is 93.3 cm³/mol. The third-order valence-corrected chi connectivity index (χ3v) is 5.15. The van der Waals surface area contributed by atoms with Gasteiger partial charge in [0, 0.05) is 35.1 Å². The van der Waals surface area contributed by atoms with Gasteiger partial charge in [-0.15, -0.1) is 11.3 Å². The fraction of sp³-hybridized carbons (Fsp3) is 0.235. The summed E-state index contributed by atoms with van der Waals surface area (Å²) in [5.74, 6) is 0. The van der Waals surface area contributed by atoms with E-state index in [4.69, 9.17) is 0 Å². The van der Waals surface area contributed by atoms with Crippen molar-refractivity contribution in [3.63, 3.8) is 0 Å². The van der Waals surface area contributed by atoms with Gasteiger partial charge in [-0.3, -0.25) is 0 Å². The van der Waals surface area contributed by atoms with Crippen molar-refractivity contribution < 1.29 is 5.11 Å². The first-order valence-electron chi connectivity index (χ1n) is 7.15. The van der Waals surface area contributed by atoms with E-state index in [0.717, 1.165) is 17.1 Å². The van der Waals surface area contributed by atoms with Crippen molar-refractivity contribution in [3.8, 4) is 10.6 Å². The molecule has 2 aromatic heterocycles. The molecule has 0 bridgehead atoms. The molecular weight excluding hydrogens is 312 g/mol. The van der Waals surface area contributed by atoms with Crippen LogP contribution in [0.15, 0.2) is 47.3 Å². The number of thiazole rings is 1. The number of hydrogen-bond donors (Lipinski definition) is 2. The minimum Gasteiger partial charge on any atom is -0.387 e. The van der Waals surface area contributed by atoms with Crippen molar-refractivity contribution in [2.75, 3.05) is 6.54 Å². The molecule has 0 aliphatic heterocycles. The summed E-state index contributed by atoms with van der Waals surface area (Å²) in [5.41, 5.74) is 3.33. The lowest BCUT2D eigenvalue weighted by Gasteiger charge is -2.11. The molecule has 1 atom stereocenters. The van der Waals surface area contributed by atoms with Gasteiger partial charge in [0.25, 0.3) is 0 Å². The van der Waals surface area contributed by atoms with Gasteiger partial charge in [-0.25, -0.2) is 4.98 Å². The fourth-order valence-electron chi connectivity index (χ4n) is 2.15. The van der Waals surface area contributed by atoms with E-state index in [-0.39, 0.29) is 0 Å². The van der Waals surface area contributed by atoms with Crippen molar-refractivity contribution in [1.82, 2.24) is 10.3 Å². The summed E-state index contributed by atoms with van der Waals surface area (Å²) in [6.07, 6.45) is 1.42. The average molecular weight is 330 g/mol. The zero-order chi connectivity index (χ0) is 15.4. The maximum absolute atomic E-state index is 10.2. The minimum atomic E-state index is -0.482. The quantitative estimate of drug-likeness (QED) is 0.718. The Labute approximate surface area is 138 Å². The molecule has 3 rings (SSSR count). The van der Waals surface area contributed by atoms with Crippen molar-refractivity contribution in [2.45, 2.75) is 19.6 Å². The second-order valence-corrected chi connectivity index (χ2v) is 7.10. The summed E-state index contributed by atoms with van der Waals surface area (Å²) >= 11 is 3.37. The van der Waals surface area contributed by atoms with Crippen molar-refractivity contribution in [3.05, 3.63) is 63.3 Å². The smallest absolute Gasteiger partial charge is 0.124 e. The number of nitrogens with one attached hydrogen (secondary N) is 1. The standard InChI is InChI=1S/C17H18N2OS2/c1-12-2-4-13(5-3-12)16(20)10-18-8-15-9-19-17(22-15)14-6-7-21-11-14/h2-7,9,11,16,18,20H,8,10H2,1H3. The van der Waals surface area contributed by atoms with E-state index in [1.54, 1.807) is 22.7 Å². The Morgan fingerprint density at radius 3 is 2.77 bits per heavy atom. The molecule has 0 radical (unpaired) electrons. The van der Waals surface area contributed by atoms with Crippen LogP contribution >= 0.6 is 22.7 Å². The number of aliphatic hydroxyl groups is 1. The van der Waals surface area contributed by atoms with Crippen molar-refractivity contribution in [1.29, 1.82) is 0 Å². The summed E-state index contributed by atoms with van der Waals surface area (Å²) in [5, 5.41) is 18.7. The molecule has 0 saturated carbocycles. The first-order valence-corrected chi connectivity index (χ1v) is 8.91. The van der Waals surface area contributed by atoms with Gasteiger partial charge in [-0.1, -0.05) is 29.8 Å². The second kappa shape index (κ2) is 7.15. The predicted octanol–water partition coefficient (Wildman–Crippen LogP) is 4.00. The van der Waals surface area contributed by atoms with Gasteiger partial charge in [0.15, 0.2) is 0 Å². The van der Waals surface area contributed by atoms with Gasteiger partial charge < -0.3 is 10.4 Å². The van der Waals surface area contributed by atoms with Gasteiger partial charge in [0.05, 0.1) is 6.10 Å². The minimum absolute atomic E-state index is 0.482. The topological polar surface area (TPSA) is 45.1 Å². The fourth-order valence-corrected chi connectivity index (χ4v) is 3.74. The van der Waals surface area contributed by atoms with Gasteiger partial charge >= 0.3 is 0 Å². The highest BCUT2D eigenvalue weighted by atomic mass is 32.1. The van der Waals surface area contributed by atoms with Crippen molar-refractivity contribution >= 4 is 22.7 Å². The highest BCUT2D eigenvalue weighted by Crippen LogP contribution is 2.26. The molecule has 22 heavy (non-hydrogen) atoms. The van der Waals surface area contributed by atoms with E-state index in [9.17, 15) is 5.11 Å². The Morgan fingerprint density at radius 2 is 2.05 bits per heavy atom. The maximum atomic E-state index is 10.2. The van der Waals surface area contributed by atoms with Crippen LogP contribution < -0.4 is 5.32 Å². The van der Waals surface area contributed by atoms with Gasteiger partial charge in [-0.05, 0) is 23.9 Å². The molecule has 2 N–H and O–H groups in total. The van der Waals surface area contributed by atoms with E-state index in [0.29, 0.717) is 6.54 Å². The van der Waals surface area contributed by atoms with Crippen molar-refractivity contribution in [2.24, 2.45) is 0 Å². The SMILES string of the molecule is Cc1ccc(C(O)CNCc2cnc(-c3ccsc3)s2)cc1. The summed E-state index contributed by atoms with van der Waals surface area (Å²) in [6, 6.07) is 10.1. The number of aromatic nitrogens is 1. The van der Waals surface area contributed by atoms with Crippen LogP contribution in [0.2, 0.25) is 0 Å². The molecule has 2 heterocycles. The second-order valence-electron chi connectivity index (χ2n) is 5.20. The van der Waals surface area contributed by atoms with E-state index in [2.05, 4.69) is 27.1 Å². The number of thiophene rings is 1. The zero-order valence-corrected chi connectivity index (χ0v) is 14.0. The Kier molecular flexibility index (Phi) is 5.00. The monoisotopic (exact) mass is 330 g/mol. The molecule has 3 nitrogen and oxygen atoms in total. The molecule has 0 aliphatic rings. The molecule has 114 valence electrons. The van der Waals surface area contributed by atoms with Crippen LogP contribution in [0.3, 0.4) is 0 Å². The van der Waals surface area contributed by atoms with E-state index >= 15 is 0 Å². The Balaban J connectivity index is 1.52. The van der Waals surface area contributed by atoms with E-state index < -0.39 is 6.10 Å². The first kappa shape index (κ1) is 15.4. The highest BCUT2D eigenvalue weighted by Gasteiger charge is 2.08. The zero-order valence-electron chi connectivity index (χ0n) is 12.3. The number of nitrogens with zero attached hydrogens (tertiary/aromatic N) is 1. The summed E-state index contributed by atoms with van der Waals surface area (Å²) < 4.78 is 0. The third-order valence-electron chi connectivity index (χ3n) is 3.42. The Bertz CT molecular complexity index is 705. The summed E-state index contributed by atoms with van der Waals surface area (Å²) in [6.45, 7) is 3.31. The number of aliphatic hydroxyl groups excluding tert-OH is 1. The van der Waals surface area contributed by atoms with Crippen LogP contribution in [0, 0.1) is 6.92 Å². The number of rotatable bonds is 6. The average Bonchev–Trinajstić information content (AvgIpc) is 3.19. The number of hydrogen-bond acceptors (Lipinski definition) is 5.